The lowest BCUT2D eigenvalue weighted by Crippen LogP contribution is -2.37. The molecule has 106 valence electrons. The molecular formula is C15H26N4. The molecule has 0 saturated carbocycles. The lowest BCUT2D eigenvalue weighted by atomic mass is 10.2. The van der Waals surface area contributed by atoms with Crippen molar-refractivity contribution >= 4 is 5.82 Å². The Bertz CT molecular complexity index is 419. The molecule has 0 spiro atoms. The van der Waals surface area contributed by atoms with Crippen LogP contribution in [-0.4, -0.2) is 50.2 Å². The maximum Gasteiger partial charge on any atom is 0.128 e. The Balaban J connectivity index is 2.02. The van der Waals surface area contributed by atoms with Crippen LogP contribution in [0.2, 0.25) is 0 Å². The van der Waals surface area contributed by atoms with E-state index in [0.29, 0.717) is 6.04 Å². The molecule has 1 unspecified atom stereocenters. The van der Waals surface area contributed by atoms with Crippen molar-refractivity contribution < 1.29 is 0 Å². The highest BCUT2D eigenvalue weighted by molar-refractivity contribution is 5.41. The maximum absolute atomic E-state index is 4.73. The zero-order valence-corrected chi connectivity index (χ0v) is 12.6. The van der Waals surface area contributed by atoms with Crippen LogP contribution in [0.4, 0.5) is 5.82 Å². The van der Waals surface area contributed by atoms with E-state index in [2.05, 4.69) is 48.3 Å². The van der Waals surface area contributed by atoms with Crippen molar-refractivity contribution in [3.05, 3.63) is 23.4 Å². The molecule has 19 heavy (non-hydrogen) atoms. The summed E-state index contributed by atoms with van der Waals surface area (Å²) < 4.78 is 0. The molecule has 2 heterocycles. The number of nitrogens with one attached hydrogen (secondary N) is 1. The highest BCUT2D eigenvalue weighted by Gasteiger charge is 2.22. The number of nitrogens with zero attached hydrogens (tertiary/aromatic N) is 3. The van der Waals surface area contributed by atoms with Crippen molar-refractivity contribution in [3.8, 4) is 0 Å². The van der Waals surface area contributed by atoms with Gasteiger partial charge in [-0.3, -0.25) is 0 Å². The van der Waals surface area contributed by atoms with E-state index >= 15 is 0 Å². The van der Waals surface area contributed by atoms with Crippen LogP contribution in [0.5, 0.6) is 0 Å². The highest BCUT2D eigenvalue weighted by atomic mass is 15.2. The molecule has 4 nitrogen and oxygen atoms in total. The number of hydrogen-bond acceptors (Lipinski definition) is 4. The number of likely N-dealkylation sites (tertiary alicyclic amines) is 1. The zero-order valence-electron chi connectivity index (χ0n) is 12.6. The first-order valence-corrected chi connectivity index (χ1v) is 7.14. The van der Waals surface area contributed by atoms with Gasteiger partial charge in [-0.25, -0.2) is 4.98 Å². The third-order valence-electron chi connectivity index (χ3n) is 4.10. The van der Waals surface area contributed by atoms with Crippen LogP contribution in [0.15, 0.2) is 12.1 Å². The van der Waals surface area contributed by atoms with Gasteiger partial charge in [0.1, 0.15) is 5.82 Å². The standard InChI is InChI=1S/C15H26N4/c1-12-13(10-16-2)7-8-15(17-12)19(4)11-14-6-5-9-18(14)3/h7-8,14,16H,5-6,9-11H2,1-4H3. The van der Waals surface area contributed by atoms with Gasteiger partial charge in [-0.05, 0) is 52.0 Å². The van der Waals surface area contributed by atoms with Crippen LogP contribution in [-0.2, 0) is 6.54 Å². The summed E-state index contributed by atoms with van der Waals surface area (Å²) in [4.78, 5) is 9.46. The molecule has 1 saturated heterocycles. The lowest BCUT2D eigenvalue weighted by molar-refractivity contribution is 0.314. The number of pyridine rings is 1. The van der Waals surface area contributed by atoms with Gasteiger partial charge in [-0.15, -0.1) is 0 Å². The molecular weight excluding hydrogens is 236 g/mol. The van der Waals surface area contributed by atoms with Gasteiger partial charge in [0.2, 0.25) is 0 Å². The summed E-state index contributed by atoms with van der Waals surface area (Å²) in [5.41, 5.74) is 2.40. The van der Waals surface area contributed by atoms with Crippen LogP contribution in [0.25, 0.3) is 0 Å². The fourth-order valence-corrected chi connectivity index (χ4v) is 2.79. The van der Waals surface area contributed by atoms with Gasteiger partial charge in [0.15, 0.2) is 0 Å². The Kier molecular flexibility index (Phi) is 4.77. The summed E-state index contributed by atoms with van der Waals surface area (Å²) in [6, 6.07) is 4.99. The van der Waals surface area contributed by atoms with E-state index in [0.717, 1.165) is 24.6 Å². The van der Waals surface area contributed by atoms with Gasteiger partial charge in [0, 0.05) is 31.9 Å². The van der Waals surface area contributed by atoms with E-state index in [1.165, 1.54) is 24.9 Å². The predicted octanol–water partition coefficient (Wildman–Crippen LogP) is 1.64. The van der Waals surface area contributed by atoms with Crippen LogP contribution in [0, 0.1) is 6.92 Å². The second kappa shape index (κ2) is 6.35. The molecule has 1 fully saturated rings. The zero-order chi connectivity index (χ0) is 13.8. The minimum absolute atomic E-state index is 0.670. The smallest absolute Gasteiger partial charge is 0.128 e. The van der Waals surface area contributed by atoms with Crippen molar-refractivity contribution in [2.45, 2.75) is 32.4 Å². The van der Waals surface area contributed by atoms with E-state index in [-0.39, 0.29) is 0 Å². The Labute approximate surface area is 116 Å². The number of rotatable bonds is 5. The Morgan fingerprint density at radius 3 is 2.84 bits per heavy atom. The van der Waals surface area contributed by atoms with Crippen LogP contribution in [0.3, 0.4) is 0 Å². The van der Waals surface area contributed by atoms with E-state index in [1.54, 1.807) is 0 Å². The summed E-state index contributed by atoms with van der Waals surface area (Å²) in [6.07, 6.45) is 2.63. The average molecular weight is 262 g/mol. The first kappa shape index (κ1) is 14.3. The molecule has 1 aromatic rings. The largest absolute Gasteiger partial charge is 0.358 e. The third-order valence-corrected chi connectivity index (χ3v) is 4.10. The molecule has 0 aromatic carbocycles. The molecule has 0 bridgehead atoms. The van der Waals surface area contributed by atoms with E-state index < -0.39 is 0 Å². The lowest BCUT2D eigenvalue weighted by Gasteiger charge is -2.27. The average Bonchev–Trinajstić information content (AvgIpc) is 2.78. The summed E-state index contributed by atoms with van der Waals surface area (Å²) in [7, 11) is 6.33. The number of hydrogen-bond donors (Lipinski definition) is 1. The molecule has 0 amide bonds. The molecule has 1 atom stereocenters. The maximum atomic E-state index is 4.73. The highest BCUT2D eigenvalue weighted by Crippen LogP contribution is 2.19. The molecule has 0 radical (unpaired) electrons. The van der Waals surface area contributed by atoms with Gasteiger partial charge in [-0.2, -0.15) is 0 Å². The van der Waals surface area contributed by atoms with E-state index in [1.807, 2.05) is 7.05 Å². The number of aromatic nitrogens is 1. The summed E-state index contributed by atoms with van der Waals surface area (Å²) in [6.45, 7) is 5.26. The van der Waals surface area contributed by atoms with Crippen LogP contribution >= 0.6 is 0 Å². The fraction of sp³-hybridized carbons (Fsp3) is 0.667. The SMILES string of the molecule is CNCc1ccc(N(C)CC2CCCN2C)nc1C. The molecule has 2 rings (SSSR count). The van der Waals surface area contributed by atoms with Crippen LogP contribution in [0.1, 0.15) is 24.1 Å². The fourth-order valence-electron chi connectivity index (χ4n) is 2.79. The normalized spacial score (nSPS) is 19.9. The van der Waals surface area contributed by atoms with Crippen LogP contribution < -0.4 is 10.2 Å². The first-order valence-electron chi connectivity index (χ1n) is 7.14. The summed E-state index contributed by atoms with van der Waals surface area (Å²) in [5.74, 6) is 1.08. The topological polar surface area (TPSA) is 31.4 Å². The van der Waals surface area contributed by atoms with Gasteiger partial charge >= 0.3 is 0 Å². The molecule has 1 N–H and O–H groups in total. The van der Waals surface area contributed by atoms with Crippen molar-refractivity contribution in [2.75, 3.05) is 39.1 Å². The van der Waals surface area contributed by atoms with Crippen molar-refractivity contribution in [1.82, 2.24) is 15.2 Å². The quantitative estimate of drug-likeness (QED) is 0.874. The molecule has 0 aliphatic carbocycles. The minimum Gasteiger partial charge on any atom is -0.358 e. The second-order valence-electron chi connectivity index (χ2n) is 5.60. The number of anilines is 1. The number of likely N-dealkylation sites (N-methyl/N-ethyl adjacent to an activating group) is 2. The summed E-state index contributed by atoms with van der Waals surface area (Å²) >= 11 is 0. The van der Waals surface area contributed by atoms with Gasteiger partial charge in [0.25, 0.3) is 0 Å². The molecule has 4 heteroatoms. The third kappa shape index (κ3) is 3.45. The Morgan fingerprint density at radius 2 is 2.26 bits per heavy atom. The molecule has 1 aliphatic heterocycles. The van der Waals surface area contributed by atoms with Crippen molar-refractivity contribution in [3.63, 3.8) is 0 Å². The van der Waals surface area contributed by atoms with Gasteiger partial charge in [-0.1, -0.05) is 6.07 Å². The molecule has 1 aliphatic rings. The second-order valence-corrected chi connectivity index (χ2v) is 5.60. The Morgan fingerprint density at radius 1 is 1.47 bits per heavy atom. The van der Waals surface area contributed by atoms with E-state index in [4.69, 9.17) is 4.98 Å². The first-order chi connectivity index (χ1) is 9.11. The van der Waals surface area contributed by atoms with Gasteiger partial charge in [0.05, 0.1) is 0 Å². The van der Waals surface area contributed by atoms with Gasteiger partial charge < -0.3 is 15.1 Å². The number of aryl methyl sites for hydroxylation is 1. The Hall–Kier alpha value is -1.13. The monoisotopic (exact) mass is 262 g/mol. The van der Waals surface area contributed by atoms with Crippen molar-refractivity contribution in [2.24, 2.45) is 0 Å². The van der Waals surface area contributed by atoms with E-state index in [9.17, 15) is 0 Å². The molecule has 1 aromatic heterocycles. The predicted molar refractivity (Wildman–Crippen MR) is 80.7 cm³/mol. The summed E-state index contributed by atoms with van der Waals surface area (Å²) in [5, 5.41) is 3.18. The minimum atomic E-state index is 0.670. The van der Waals surface area contributed by atoms with Crippen molar-refractivity contribution in [1.29, 1.82) is 0 Å².